The van der Waals surface area contributed by atoms with Crippen LogP contribution in [0.1, 0.15) is 0 Å². The number of carbonyl (C=O) groups excluding carboxylic acids is 1. The molecule has 0 radical (unpaired) electrons. The fraction of sp³-hybridized carbons (Fsp3) is 0.857. The van der Waals surface area contributed by atoms with Crippen molar-refractivity contribution in [1.29, 1.82) is 0 Å². The molecule has 1 atom stereocenters. The number of nitrogens with one attached hydrogen (secondary N) is 1. The Morgan fingerprint density at radius 3 is 3.00 bits per heavy atom. The first-order chi connectivity index (χ1) is 5.25. The Morgan fingerprint density at radius 1 is 1.73 bits per heavy atom. The van der Waals surface area contributed by atoms with Gasteiger partial charge >= 0.3 is 0 Å². The van der Waals surface area contributed by atoms with Crippen molar-refractivity contribution in [2.75, 3.05) is 33.9 Å². The van der Waals surface area contributed by atoms with E-state index >= 15 is 0 Å². The quantitative estimate of drug-likeness (QED) is 0.535. The van der Waals surface area contributed by atoms with E-state index in [1.54, 1.807) is 7.05 Å². The van der Waals surface area contributed by atoms with Gasteiger partial charge in [-0.3, -0.25) is 9.69 Å². The molecule has 4 nitrogen and oxygen atoms in total. The van der Waals surface area contributed by atoms with Gasteiger partial charge in [-0.15, -0.1) is 0 Å². The Labute approximate surface area is 66.5 Å². The molecule has 1 aliphatic heterocycles. The summed E-state index contributed by atoms with van der Waals surface area (Å²) < 4.78 is 5.17. The molecule has 4 heteroatoms. The van der Waals surface area contributed by atoms with Gasteiger partial charge in [0, 0.05) is 13.6 Å². The molecule has 11 heavy (non-hydrogen) atoms. The summed E-state index contributed by atoms with van der Waals surface area (Å²) in [7, 11) is 3.58. The predicted molar refractivity (Wildman–Crippen MR) is 41.3 cm³/mol. The number of hydrogen-bond acceptors (Lipinski definition) is 3. The average Bonchev–Trinajstić information content (AvgIpc) is 2.04. The van der Waals surface area contributed by atoms with Crippen molar-refractivity contribution in [3.63, 3.8) is 0 Å². The Kier molecular flexibility index (Phi) is 2.84. The van der Waals surface area contributed by atoms with Gasteiger partial charge in [0.2, 0.25) is 5.91 Å². The van der Waals surface area contributed by atoms with Crippen LogP contribution in [0.3, 0.4) is 0 Å². The summed E-state index contributed by atoms with van der Waals surface area (Å²) >= 11 is 0. The van der Waals surface area contributed by atoms with Gasteiger partial charge in [-0.2, -0.15) is 0 Å². The number of amides is 1. The summed E-state index contributed by atoms with van der Waals surface area (Å²) in [4.78, 5) is 13.1. The molecular formula is C7H14N2O2. The molecule has 1 unspecified atom stereocenters. The van der Waals surface area contributed by atoms with E-state index in [1.807, 2.05) is 11.9 Å². The molecule has 1 rings (SSSR count). The number of nitrogens with zero attached hydrogens (tertiary/aromatic N) is 1. The smallest absolute Gasteiger partial charge is 0.239 e. The second kappa shape index (κ2) is 3.69. The van der Waals surface area contributed by atoms with Crippen molar-refractivity contribution in [2.45, 2.75) is 6.04 Å². The van der Waals surface area contributed by atoms with Crippen LogP contribution in [0.15, 0.2) is 0 Å². The molecule has 1 amide bonds. The maximum Gasteiger partial charge on any atom is 0.239 e. The lowest BCUT2D eigenvalue weighted by atomic mass is 10.2. The molecule has 64 valence electrons. The minimum atomic E-state index is -0.103. The van der Waals surface area contributed by atoms with Gasteiger partial charge in [-0.05, 0) is 7.05 Å². The Hall–Kier alpha value is -0.610. The maximum atomic E-state index is 11.1. The van der Waals surface area contributed by atoms with Gasteiger partial charge in [-0.1, -0.05) is 0 Å². The highest BCUT2D eigenvalue weighted by molar-refractivity contribution is 5.81. The zero-order valence-electron chi connectivity index (χ0n) is 6.96. The molecule has 1 saturated heterocycles. The number of carbonyl (C=O) groups is 1. The van der Waals surface area contributed by atoms with Crippen LogP contribution in [0.4, 0.5) is 0 Å². The first-order valence-electron chi connectivity index (χ1n) is 3.75. The monoisotopic (exact) mass is 158 g/mol. The van der Waals surface area contributed by atoms with Gasteiger partial charge in [0.1, 0.15) is 6.04 Å². The van der Waals surface area contributed by atoms with Crippen molar-refractivity contribution < 1.29 is 9.53 Å². The van der Waals surface area contributed by atoms with E-state index in [4.69, 9.17) is 4.74 Å². The largest absolute Gasteiger partial charge is 0.378 e. The van der Waals surface area contributed by atoms with Crippen LogP contribution in [0.25, 0.3) is 0 Å². The molecular weight excluding hydrogens is 144 g/mol. The van der Waals surface area contributed by atoms with Crippen LogP contribution in [0, 0.1) is 0 Å². The lowest BCUT2D eigenvalue weighted by molar-refractivity contribution is -0.130. The highest BCUT2D eigenvalue weighted by Crippen LogP contribution is 2.02. The fourth-order valence-electron chi connectivity index (χ4n) is 1.13. The van der Waals surface area contributed by atoms with Crippen LogP contribution < -0.4 is 5.32 Å². The van der Waals surface area contributed by atoms with Crippen LogP contribution in [0.5, 0.6) is 0 Å². The minimum Gasteiger partial charge on any atom is -0.378 e. The zero-order valence-corrected chi connectivity index (χ0v) is 6.96. The molecule has 0 aromatic rings. The van der Waals surface area contributed by atoms with Crippen molar-refractivity contribution in [3.05, 3.63) is 0 Å². The minimum absolute atomic E-state index is 0.0344. The number of rotatable bonds is 1. The van der Waals surface area contributed by atoms with Gasteiger partial charge in [0.05, 0.1) is 13.2 Å². The molecule has 1 N–H and O–H groups in total. The summed E-state index contributed by atoms with van der Waals surface area (Å²) in [5.74, 6) is 0.0344. The first-order valence-corrected chi connectivity index (χ1v) is 3.75. The number of hydrogen-bond donors (Lipinski definition) is 1. The van der Waals surface area contributed by atoms with Crippen molar-refractivity contribution in [1.82, 2.24) is 10.2 Å². The Bertz CT molecular complexity index is 149. The van der Waals surface area contributed by atoms with E-state index in [-0.39, 0.29) is 11.9 Å². The number of ether oxygens (including phenoxy) is 1. The van der Waals surface area contributed by atoms with Gasteiger partial charge in [-0.25, -0.2) is 0 Å². The SMILES string of the molecule is CNC(=O)C1COCCN1C. The van der Waals surface area contributed by atoms with Gasteiger partial charge < -0.3 is 10.1 Å². The molecule has 1 heterocycles. The van der Waals surface area contributed by atoms with E-state index in [0.717, 1.165) is 13.2 Å². The molecule has 0 aromatic heterocycles. The van der Waals surface area contributed by atoms with E-state index < -0.39 is 0 Å². The highest BCUT2D eigenvalue weighted by atomic mass is 16.5. The van der Waals surface area contributed by atoms with E-state index in [2.05, 4.69) is 5.32 Å². The lowest BCUT2D eigenvalue weighted by Gasteiger charge is -2.30. The van der Waals surface area contributed by atoms with Crippen molar-refractivity contribution in [3.8, 4) is 0 Å². The van der Waals surface area contributed by atoms with Crippen molar-refractivity contribution >= 4 is 5.91 Å². The summed E-state index contributed by atoms with van der Waals surface area (Å²) in [6, 6.07) is -0.103. The number of morpholine rings is 1. The van der Waals surface area contributed by atoms with Gasteiger partial charge in [0.25, 0.3) is 0 Å². The molecule has 0 aromatic carbocycles. The highest BCUT2D eigenvalue weighted by Gasteiger charge is 2.25. The summed E-state index contributed by atoms with van der Waals surface area (Å²) in [5, 5.41) is 2.60. The second-order valence-corrected chi connectivity index (χ2v) is 2.69. The number of likely N-dealkylation sites (N-methyl/N-ethyl adjacent to an activating group) is 2. The third-order valence-electron chi connectivity index (χ3n) is 1.95. The molecule has 0 spiro atoms. The Balaban J connectivity index is 2.47. The normalized spacial score (nSPS) is 26.5. The zero-order chi connectivity index (χ0) is 8.27. The van der Waals surface area contributed by atoms with E-state index in [0.29, 0.717) is 6.61 Å². The standard InChI is InChI=1S/C7H14N2O2/c1-8-7(10)6-5-11-4-3-9(6)2/h6H,3-5H2,1-2H3,(H,8,10). The molecule has 0 saturated carbocycles. The van der Waals surface area contributed by atoms with Crippen LogP contribution >= 0.6 is 0 Å². The third-order valence-corrected chi connectivity index (χ3v) is 1.95. The summed E-state index contributed by atoms with van der Waals surface area (Å²) in [5.41, 5.74) is 0. The van der Waals surface area contributed by atoms with E-state index in [9.17, 15) is 4.79 Å². The topological polar surface area (TPSA) is 41.6 Å². The van der Waals surface area contributed by atoms with Gasteiger partial charge in [0.15, 0.2) is 0 Å². The predicted octanol–water partition coefficient (Wildman–Crippen LogP) is -0.937. The molecule has 1 aliphatic rings. The molecule has 0 aliphatic carbocycles. The van der Waals surface area contributed by atoms with Crippen LogP contribution in [-0.2, 0) is 9.53 Å². The maximum absolute atomic E-state index is 11.1. The van der Waals surface area contributed by atoms with E-state index in [1.165, 1.54) is 0 Å². The Morgan fingerprint density at radius 2 is 2.45 bits per heavy atom. The fourth-order valence-corrected chi connectivity index (χ4v) is 1.13. The molecule has 1 fully saturated rings. The lowest BCUT2D eigenvalue weighted by Crippen LogP contribution is -2.51. The van der Waals surface area contributed by atoms with Crippen LogP contribution in [0.2, 0.25) is 0 Å². The van der Waals surface area contributed by atoms with Crippen molar-refractivity contribution in [2.24, 2.45) is 0 Å². The first kappa shape index (κ1) is 8.49. The average molecular weight is 158 g/mol. The third kappa shape index (κ3) is 1.91. The molecule has 0 bridgehead atoms. The summed E-state index contributed by atoms with van der Waals surface area (Å²) in [6.45, 7) is 2.07. The van der Waals surface area contributed by atoms with Crippen LogP contribution in [-0.4, -0.2) is 50.7 Å². The summed E-state index contributed by atoms with van der Waals surface area (Å²) in [6.07, 6.45) is 0. The second-order valence-electron chi connectivity index (χ2n) is 2.69.